The molecule has 0 radical (unpaired) electrons. The van der Waals surface area contributed by atoms with Crippen LogP contribution in [-0.2, 0) is 41.7 Å². The standard InChI is InChI=1S/C47H54N4O4/c1-32(24-35-8-4-7-34(25-35)9-5-23-51-30-42(31-51)55-41-17-19-44-38(27-41)16-21-46(53)49-44)36-12-10-33(11-13-36)6-2-3-22-50-28-40(29-50)47(54)39-14-18-43-37(26-39)15-20-45(52)48-43/h4,7-8,10-14,17-19,25-27,32,40,42H,2-3,5-6,9,15-16,20-24,28-31H2,1H3,(H,48,52)(H,49,53). The van der Waals surface area contributed by atoms with Gasteiger partial charge in [0.1, 0.15) is 11.9 Å². The third kappa shape index (κ3) is 9.37. The average Bonchev–Trinajstić information content (AvgIpc) is 3.16. The molecule has 4 aliphatic rings. The van der Waals surface area contributed by atoms with Crippen LogP contribution in [0.1, 0.15) is 88.7 Å². The summed E-state index contributed by atoms with van der Waals surface area (Å²) in [6.07, 6.45) is 9.40. The number of hydrogen-bond donors (Lipinski definition) is 2. The van der Waals surface area contributed by atoms with Crippen LogP contribution in [0.5, 0.6) is 5.75 Å². The van der Waals surface area contributed by atoms with Crippen LogP contribution in [0.3, 0.4) is 0 Å². The van der Waals surface area contributed by atoms with E-state index in [0.717, 1.165) is 118 Å². The molecule has 0 aromatic heterocycles. The SMILES string of the molecule is CC(Cc1cccc(CCCN2CC(Oc3ccc4c(c3)CCC(=O)N4)C2)c1)c1ccc(CCCCN2CC(C(=O)c3ccc4c(c3)CCC(=O)N4)C2)cc1. The summed E-state index contributed by atoms with van der Waals surface area (Å²) in [6, 6.07) is 30.2. The van der Waals surface area contributed by atoms with Crippen LogP contribution in [0, 0.1) is 5.92 Å². The fourth-order valence-electron chi connectivity index (χ4n) is 8.66. The molecule has 0 saturated carbocycles. The van der Waals surface area contributed by atoms with Crippen molar-refractivity contribution in [3.63, 3.8) is 0 Å². The molecule has 4 aromatic carbocycles. The first-order chi connectivity index (χ1) is 26.8. The van der Waals surface area contributed by atoms with Crippen LogP contribution in [0.15, 0.2) is 84.9 Å². The number of unbranched alkanes of at least 4 members (excludes halogenated alkanes) is 1. The summed E-state index contributed by atoms with van der Waals surface area (Å²) in [5, 5.41) is 5.84. The number of anilines is 2. The number of carbonyl (C=O) groups is 3. The van der Waals surface area contributed by atoms with E-state index in [0.29, 0.717) is 25.2 Å². The van der Waals surface area contributed by atoms with Crippen LogP contribution in [0.2, 0.25) is 0 Å². The summed E-state index contributed by atoms with van der Waals surface area (Å²) >= 11 is 0. The van der Waals surface area contributed by atoms with Gasteiger partial charge in [0.15, 0.2) is 5.78 Å². The van der Waals surface area contributed by atoms with Crippen LogP contribution in [0.25, 0.3) is 0 Å². The number of carbonyl (C=O) groups excluding carboxylic acids is 3. The van der Waals surface area contributed by atoms with Crippen molar-refractivity contribution >= 4 is 29.0 Å². The molecule has 2 fully saturated rings. The number of hydrogen-bond acceptors (Lipinski definition) is 6. The monoisotopic (exact) mass is 738 g/mol. The van der Waals surface area contributed by atoms with Crippen LogP contribution in [0.4, 0.5) is 11.4 Å². The zero-order valence-electron chi connectivity index (χ0n) is 32.2. The Bertz CT molecular complexity index is 2010. The molecule has 4 heterocycles. The van der Waals surface area contributed by atoms with Gasteiger partial charge in [-0.05, 0) is 140 Å². The van der Waals surface area contributed by atoms with Crippen LogP contribution < -0.4 is 15.4 Å². The van der Waals surface area contributed by atoms with Gasteiger partial charge in [-0.25, -0.2) is 0 Å². The van der Waals surface area contributed by atoms with Crippen LogP contribution >= 0.6 is 0 Å². The largest absolute Gasteiger partial charge is 0.488 e. The van der Waals surface area contributed by atoms with E-state index in [1.54, 1.807) is 0 Å². The molecule has 8 heteroatoms. The van der Waals surface area contributed by atoms with Gasteiger partial charge in [-0.3, -0.25) is 19.3 Å². The Hall–Kier alpha value is -4.79. The van der Waals surface area contributed by atoms with Gasteiger partial charge < -0.3 is 20.3 Å². The first-order valence-electron chi connectivity index (χ1n) is 20.5. The maximum absolute atomic E-state index is 13.1. The second kappa shape index (κ2) is 16.9. The normalized spacial score (nSPS) is 18.0. The van der Waals surface area contributed by atoms with Gasteiger partial charge in [0.25, 0.3) is 0 Å². The molecule has 2 amide bonds. The zero-order valence-corrected chi connectivity index (χ0v) is 32.2. The van der Waals surface area contributed by atoms with E-state index in [2.05, 4.69) is 82.0 Å². The van der Waals surface area contributed by atoms with Crippen molar-refractivity contribution in [1.82, 2.24) is 9.80 Å². The third-order valence-electron chi connectivity index (χ3n) is 12.0. The minimum absolute atomic E-state index is 0.0516. The summed E-state index contributed by atoms with van der Waals surface area (Å²) in [4.78, 5) is 41.2. The minimum Gasteiger partial charge on any atom is -0.488 e. The number of nitrogens with zero attached hydrogens (tertiary/aromatic N) is 2. The van der Waals surface area contributed by atoms with Crippen LogP contribution in [-0.4, -0.2) is 72.8 Å². The average molecular weight is 739 g/mol. The molecule has 4 aromatic rings. The molecule has 286 valence electrons. The lowest BCUT2D eigenvalue weighted by Gasteiger charge is -2.39. The van der Waals surface area contributed by atoms with Crippen molar-refractivity contribution in [2.75, 3.05) is 49.9 Å². The first-order valence-corrected chi connectivity index (χ1v) is 20.5. The second-order valence-corrected chi connectivity index (χ2v) is 16.3. The Morgan fingerprint density at radius 1 is 0.691 bits per heavy atom. The molecule has 0 aliphatic carbocycles. The predicted octanol–water partition coefficient (Wildman–Crippen LogP) is 7.64. The number of rotatable bonds is 16. The maximum atomic E-state index is 13.1. The summed E-state index contributed by atoms with van der Waals surface area (Å²) in [7, 11) is 0. The summed E-state index contributed by atoms with van der Waals surface area (Å²) in [6.45, 7) is 8.09. The fraction of sp³-hybridized carbons (Fsp3) is 0.426. The lowest BCUT2D eigenvalue weighted by Crippen LogP contribution is -2.53. The van der Waals surface area contributed by atoms with Crippen molar-refractivity contribution in [2.45, 2.75) is 83.2 Å². The number of fused-ring (bicyclic) bond motifs is 2. The Morgan fingerprint density at radius 2 is 1.35 bits per heavy atom. The Balaban J connectivity index is 0.698. The lowest BCUT2D eigenvalue weighted by atomic mass is 9.88. The van der Waals surface area contributed by atoms with Crippen molar-refractivity contribution in [3.05, 3.63) is 124 Å². The molecule has 8 rings (SSSR count). The number of amides is 2. The number of benzene rings is 4. The van der Waals surface area contributed by atoms with E-state index in [1.807, 2.05) is 30.3 Å². The topological polar surface area (TPSA) is 91.0 Å². The molecule has 2 N–H and O–H groups in total. The molecule has 55 heavy (non-hydrogen) atoms. The molecule has 0 spiro atoms. The molecule has 4 aliphatic heterocycles. The number of ether oxygens (including phenoxy) is 1. The van der Waals surface area contributed by atoms with E-state index in [4.69, 9.17) is 4.74 Å². The van der Waals surface area contributed by atoms with Gasteiger partial charge in [-0.2, -0.15) is 0 Å². The van der Waals surface area contributed by atoms with Crippen molar-refractivity contribution in [2.24, 2.45) is 5.92 Å². The number of Topliss-reactive ketones (excluding diaryl/α,β-unsaturated/α-hetero) is 1. The van der Waals surface area contributed by atoms with E-state index in [9.17, 15) is 14.4 Å². The molecule has 1 atom stereocenters. The molecule has 1 unspecified atom stereocenters. The second-order valence-electron chi connectivity index (χ2n) is 16.3. The van der Waals surface area contributed by atoms with Crippen molar-refractivity contribution in [1.29, 1.82) is 0 Å². The van der Waals surface area contributed by atoms with Crippen molar-refractivity contribution in [3.8, 4) is 5.75 Å². The molecule has 2 saturated heterocycles. The third-order valence-corrected chi connectivity index (χ3v) is 12.0. The highest BCUT2D eigenvalue weighted by molar-refractivity contribution is 6.00. The smallest absolute Gasteiger partial charge is 0.224 e. The quantitative estimate of drug-likeness (QED) is 0.0908. The van der Waals surface area contributed by atoms with E-state index >= 15 is 0 Å². The summed E-state index contributed by atoms with van der Waals surface area (Å²) in [5.74, 6) is 1.83. The summed E-state index contributed by atoms with van der Waals surface area (Å²) in [5.41, 5.74) is 10.4. The van der Waals surface area contributed by atoms with Gasteiger partial charge in [0.2, 0.25) is 11.8 Å². The van der Waals surface area contributed by atoms with Gasteiger partial charge in [0, 0.05) is 61.9 Å². The number of aryl methyl sites for hydroxylation is 4. The van der Waals surface area contributed by atoms with E-state index < -0.39 is 0 Å². The van der Waals surface area contributed by atoms with Gasteiger partial charge >= 0.3 is 0 Å². The number of ketones is 1. The number of likely N-dealkylation sites (tertiary alicyclic amines) is 2. The highest BCUT2D eigenvalue weighted by atomic mass is 16.5. The van der Waals surface area contributed by atoms with Gasteiger partial charge in [-0.15, -0.1) is 0 Å². The molecular formula is C47H54N4O4. The maximum Gasteiger partial charge on any atom is 0.224 e. The Labute approximate surface area is 325 Å². The fourth-order valence-corrected chi connectivity index (χ4v) is 8.66. The summed E-state index contributed by atoms with van der Waals surface area (Å²) < 4.78 is 6.23. The lowest BCUT2D eigenvalue weighted by molar-refractivity contribution is -0.117. The number of nitrogens with one attached hydrogen (secondary N) is 2. The first kappa shape index (κ1) is 37.1. The van der Waals surface area contributed by atoms with E-state index in [1.165, 1.54) is 22.3 Å². The Morgan fingerprint density at radius 3 is 2.11 bits per heavy atom. The molecule has 8 nitrogen and oxygen atoms in total. The minimum atomic E-state index is 0.0516. The molecule has 0 bridgehead atoms. The Kier molecular flexibility index (Phi) is 11.4. The highest BCUT2D eigenvalue weighted by Crippen LogP contribution is 2.30. The van der Waals surface area contributed by atoms with Gasteiger partial charge in [0.05, 0.1) is 0 Å². The van der Waals surface area contributed by atoms with E-state index in [-0.39, 0.29) is 29.6 Å². The zero-order chi connectivity index (χ0) is 37.7. The van der Waals surface area contributed by atoms with Crippen molar-refractivity contribution < 1.29 is 19.1 Å². The predicted molar refractivity (Wildman–Crippen MR) is 218 cm³/mol. The highest BCUT2D eigenvalue weighted by Gasteiger charge is 2.33. The molecular weight excluding hydrogens is 685 g/mol. The van der Waals surface area contributed by atoms with Gasteiger partial charge in [-0.1, -0.05) is 55.5 Å².